The number of hydrogen-bond acceptors (Lipinski definition) is 4. The van der Waals surface area contributed by atoms with Gasteiger partial charge in [0.1, 0.15) is 11.3 Å². The van der Waals surface area contributed by atoms with Crippen molar-refractivity contribution in [1.82, 2.24) is 14.9 Å². The van der Waals surface area contributed by atoms with Gasteiger partial charge in [-0.15, -0.1) is 0 Å². The number of aromatic nitrogens is 2. The highest BCUT2D eigenvalue weighted by Crippen LogP contribution is 2.39. The number of fused-ring (bicyclic) bond motifs is 1. The van der Waals surface area contributed by atoms with Crippen LogP contribution in [0.1, 0.15) is 132 Å². The maximum atomic E-state index is 13.7. The van der Waals surface area contributed by atoms with Crippen molar-refractivity contribution in [3.8, 4) is 11.1 Å². The summed E-state index contributed by atoms with van der Waals surface area (Å²) in [7, 11) is 1.85. The minimum absolute atomic E-state index is 0.141. The monoisotopic (exact) mass is 673 g/mol. The Morgan fingerprint density at radius 1 is 0.878 bits per heavy atom. The number of aliphatic carboxylic acids is 1. The Bertz CT molecular complexity index is 1690. The van der Waals surface area contributed by atoms with Crippen LogP contribution in [0.4, 0.5) is 0 Å². The minimum atomic E-state index is -0.906. The number of nitrogens with zero attached hydrogens (tertiary/aromatic N) is 2. The number of aryl methyl sites for hydroxylation is 3. The molecule has 0 aliphatic carbocycles. The van der Waals surface area contributed by atoms with Gasteiger partial charge in [-0.1, -0.05) is 77.4 Å². The van der Waals surface area contributed by atoms with Crippen LogP contribution >= 0.6 is 0 Å². The van der Waals surface area contributed by atoms with Crippen molar-refractivity contribution in [3.63, 3.8) is 0 Å². The first kappa shape index (κ1) is 43.1. The van der Waals surface area contributed by atoms with E-state index < -0.39 is 17.1 Å². The molecule has 0 saturated heterocycles. The van der Waals surface area contributed by atoms with Crippen LogP contribution in [0, 0.1) is 27.7 Å². The smallest absolute Gasteiger partial charge is 0.307 e. The van der Waals surface area contributed by atoms with Gasteiger partial charge in [-0.2, -0.15) is 0 Å². The standard InChI is InChI=1S/C34H41N3O3.C4H10O.2C2H6/c1-9-10-16-25-21(3)20(2)17-26(22(25)4)31-27(19-30(38)39)23(5)35-32-28(31)18-29(37(32)8)33(40)36-34(6,7)24-14-12-11-13-15-24;1-4(2,3)5;2*1-2/h11-15,17-18H,9-10,16,19H2,1-8H3,(H,36,40)(H,38,39);5H,1-3H3;2*1-2H3. The molecule has 4 rings (SSSR count). The lowest BCUT2D eigenvalue weighted by Crippen LogP contribution is -2.41. The number of aliphatic hydroxyl groups is 1. The molecule has 0 fully saturated rings. The van der Waals surface area contributed by atoms with E-state index in [2.05, 4.69) is 39.1 Å². The van der Waals surface area contributed by atoms with Crippen LogP contribution in [0.5, 0.6) is 0 Å². The fourth-order valence-corrected chi connectivity index (χ4v) is 5.75. The molecule has 0 bridgehead atoms. The highest BCUT2D eigenvalue weighted by molar-refractivity contribution is 6.04. The molecule has 49 heavy (non-hydrogen) atoms. The number of carbonyl (C=O) groups is 2. The summed E-state index contributed by atoms with van der Waals surface area (Å²) in [5, 5.41) is 22.4. The third-order valence-corrected chi connectivity index (χ3v) is 8.28. The van der Waals surface area contributed by atoms with Crippen molar-refractivity contribution in [2.45, 2.75) is 134 Å². The number of rotatable bonds is 9. The molecule has 7 nitrogen and oxygen atoms in total. The third kappa shape index (κ3) is 11.3. The molecule has 0 radical (unpaired) electrons. The van der Waals surface area contributed by atoms with Crippen molar-refractivity contribution < 1.29 is 19.8 Å². The second kappa shape index (κ2) is 18.7. The van der Waals surface area contributed by atoms with E-state index in [0.717, 1.165) is 46.9 Å². The molecule has 270 valence electrons. The molecule has 2 heterocycles. The Labute approximate surface area is 296 Å². The predicted octanol–water partition coefficient (Wildman–Crippen LogP) is 9.94. The molecule has 0 saturated carbocycles. The van der Waals surface area contributed by atoms with Gasteiger partial charge < -0.3 is 20.1 Å². The van der Waals surface area contributed by atoms with E-state index >= 15 is 0 Å². The van der Waals surface area contributed by atoms with E-state index in [-0.39, 0.29) is 12.3 Å². The lowest BCUT2D eigenvalue weighted by molar-refractivity contribution is -0.136. The quantitative estimate of drug-likeness (QED) is 0.164. The zero-order chi connectivity index (χ0) is 37.9. The molecular weight excluding hydrogens is 610 g/mol. The second-order valence-electron chi connectivity index (χ2n) is 13.6. The van der Waals surface area contributed by atoms with Crippen molar-refractivity contribution in [2.75, 3.05) is 0 Å². The summed E-state index contributed by atoms with van der Waals surface area (Å²) in [5.74, 6) is -1.12. The summed E-state index contributed by atoms with van der Waals surface area (Å²) in [5.41, 5.74) is 9.23. The average molecular weight is 674 g/mol. The Hall–Kier alpha value is -3.97. The van der Waals surface area contributed by atoms with Gasteiger partial charge in [-0.05, 0) is 126 Å². The summed E-state index contributed by atoms with van der Waals surface area (Å²) >= 11 is 0. The van der Waals surface area contributed by atoms with Crippen molar-refractivity contribution >= 4 is 22.9 Å². The Morgan fingerprint density at radius 2 is 1.43 bits per heavy atom. The topological polar surface area (TPSA) is 104 Å². The Balaban J connectivity index is 0.00000120. The van der Waals surface area contributed by atoms with Gasteiger partial charge in [-0.25, -0.2) is 4.98 Å². The fraction of sp³-hybridized carbons (Fsp3) is 0.500. The van der Waals surface area contributed by atoms with Gasteiger partial charge in [0.25, 0.3) is 5.91 Å². The molecule has 2 aromatic heterocycles. The summed E-state index contributed by atoms with van der Waals surface area (Å²) in [4.78, 5) is 30.6. The summed E-state index contributed by atoms with van der Waals surface area (Å²) in [6, 6.07) is 13.9. The van der Waals surface area contributed by atoms with E-state index in [1.807, 2.05) is 96.5 Å². The van der Waals surface area contributed by atoms with E-state index in [9.17, 15) is 14.7 Å². The molecule has 0 atom stereocenters. The molecule has 0 aliphatic heterocycles. The molecule has 0 spiro atoms. The highest BCUT2D eigenvalue weighted by Gasteiger charge is 2.28. The zero-order valence-electron chi connectivity index (χ0n) is 33.0. The minimum Gasteiger partial charge on any atom is -0.481 e. The largest absolute Gasteiger partial charge is 0.481 e. The van der Waals surface area contributed by atoms with Gasteiger partial charge >= 0.3 is 5.97 Å². The van der Waals surface area contributed by atoms with E-state index in [4.69, 9.17) is 10.1 Å². The van der Waals surface area contributed by atoms with Gasteiger partial charge in [0.05, 0.1) is 17.6 Å². The number of unbranched alkanes of at least 4 members (excludes halogenated alkanes) is 1. The first-order chi connectivity index (χ1) is 22.9. The number of nitrogens with one attached hydrogen (secondary N) is 1. The number of carboxylic acids is 1. The van der Waals surface area contributed by atoms with Crippen molar-refractivity contribution in [2.24, 2.45) is 7.05 Å². The first-order valence-electron chi connectivity index (χ1n) is 17.8. The SMILES string of the molecule is CC.CC.CC(C)(C)O.CCCCc1c(C)c(C)cc(-c2c(CC(=O)O)c(C)nc3c2cc(C(=O)NC(C)(C)c2ccccc2)n3C)c1C. The number of hydrogen-bond donors (Lipinski definition) is 3. The number of pyridine rings is 1. The van der Waals surface area contributed by atoms with Crippen molar-refractivity contribution in [1.29, 1.82) is 0 Å². The van der Waals surface area contributed by atoms with Crippen molar-refractivity contribution in [3.05, 3.63) is 87.2 Å². The van der Waals surface area contributed by atoms with Crippen LogP contribution in [0.2, 0.25) is 0 Å². The summed E-state index contributed by atoms with van der Waals surface area (Å²) in [6.07, 6.45) is 3.02. The van der Waals surface area contributed by atoms with Crippen LogP contribution in [0.25, 0.3) is 22.2 Å². The van der Waals surface area contributed by atoms with E-state index in [1.54, 1.807) is 20.8 Å². The predicted molar refractivity (Wildman–Crippen MR) is 207 cm³/mol. The Kier molecular flexibility index (Phi) is 16.4. The molecule has 7 heteroatoms. The second-order valence-corrected chi connectivity index (χ2v) is 13.6. The van der Waals surface area contributed by atoms with Crippen LogP contribution < -0.4 is 5.32 Å². The fourth-order valence-electron chi connectivity index (χ4n) is 5.75. The average Bonchev–Trinajstić information content (AvgIpc) is 3.36. The number of carboxylic acid groups (broad SMARTS) is 1. The van der Waals surface area contributed by atoms with Crippen LogP contribution in [0.15, 0.2) is 42.5 Å². The third-order valence-electron chi connectivity index (χ3n) is 8.28. The summed E-state index contributed by atoms with van der Waals surface area (Å²) < 4.78 is 1.82. The van der Waals surface area contributed by atoms with Gasteiger partial charge in [0.15, 0.2) is 0 Å². The molecule has 2 aromatic carbocycles. The molecule has 0 unspecified atom stereocenters. The molecule has 3 N–H and O–H groups in total. The van der Waals surface area contributed by atoms with Gasteiger partial charge in [0.2, 0.25) is 0 Å². The molecular formula is C42H63N3O4. The normalized spacial score (nSPS) is 11.0. The highest BCUT2D eigenvalue weighted by atomic mass is 16.4. The maximum absolute atomic E-state index is 13.7. The zero-order valence-corrected chi connectivity index (χ0v) is 33.0. The van der Waals surface area contributed by atoms with Crippen LogP contribution in [-0.2, 0) is 30.2 Å². The summed E-state index contributed by atoms with van der Waals surface area (Å²) in [6.45, 7) is 27.7. The number of benzene rings is 2. The van der Waals surface area contributed by atoms with Crippen LogP contribution in [-0.4, -0.2) is 37.2 Å². The maximum Gasteiger partial charge on any atom is 0.307 e. The first-order valence-corrected chi connectivity index (χ1v) is 17.8. The van der Waals surface area contributed by atoms with Gasteiger partial charge in [0, 0.05) is 18.1 Å². The van der Waals surface area contributed by atoms with E-state index in [1.165, 1.54) is 16.7 Å². The number of amides is 1. The number of carbonyl (C=O) groups excluding carboxylic acids is 1. The molecule has 4 aromatic rings. The lowest BCUT2D eigenvalue weighted by Gasteiger charge is -2.27. The molecule has 0 aliphatic rings. The Morgan fingerprint density at radius 3 is 1.94 bits per heavy atom. The lowest BCUT2D eigenvalue weighted by atomic mass is 9.85. The molecule has 1 amide bonds. The van der Waals surface area contributed by atoms with E-state index in [0.29, 0.717) is 22.6 Å². The van der Waals surface area contributed by atoms with Gasteiger partial charge in [-0.3, -0.25) is 9.59 Å². The van der Waals surface area contributed by atoms with Crippen LogP contribution in [0.3, 0.4) is 0 Å².